The molecule has 1 heterocycles. The molecule has 0 unspecified atom stereocenters. The Kier molecular flexibility index (Phi) is 2.53. The molecule has 0 amide bonds. The first-order chi connectivity index (χ1) is 7.09. The maximum absolute atomic E-state index is 6.21. The second-order valence-corrected chi connectivity index (χ2v) is 4.14. The van der Waals surface area contributed by atoms with E-state index in [0.29, 0.717) is 0 Å². The lowest BCUT2D eigenvalue weighted by Gasteiger charge is -2.06. The highest BCUT2D eigenvalue weighted by atomic mass is 35.5. The molecular formula is C12H13ClN2. The van der Waals surface area contributed by atoms with E-state index in [2.05, 4.69) is 18.1 Å². The molecule has 2 nitrogen and oxygen atoms in total. The predicted molar refractivity (Wildman–Crippen MR) is 63.1 cm³/mol. The van der Waals surface area contributed by atoms with E-state index in [9.17, 15) is 0 Å². The minimum atomic E-state index is 0.783. The molecule has 0 aliphatic carbocycles. The van der Waals surface area contributed by atoms with Crippen molar-refractivity contribution in [3.05, 3.63) is 40.7 Å². The number of rotatable bonds is 1. The SMILES string of the molecule is Cc1cccc(Cl)c1-c1cn(C)nc1C. The lowest BCUT2D eigenvalue weighted by Crippen LogP contribution is -1.86. The van der Waals surface area contributed by atoms with Crippen LogP contribution < -0.4 is 0 Å². The summed E-state index contributed by atoms with van der Waals surface area (Å²) in [5.41, 5.74) is 4.39. The number of aryl methyl sites for hydroxylation is 3. The summed E-state index contributed by atoms with van der Waals surface area (Å²) in [5.74, 6) is 0. The van der Waals surface area contributed by atoms with Gasteiger partial charge in [0.05, 0.1) is 5.69 Å². The van der Waals surface area contributed by atoms with Gasteiger partial charge in [-0.3, -0.25) is 4.68 Å². The van der Waals surface area contributed by atoms with Gasteiger partial charge in [0.15, 0.2) is 0 Å². The Morgan fingerprint density at radius 2 is 2.00 bits per heavy atom. The van der Waals surface area contributed by atoms with Crippen molar-refractivity contribution in [2.75, 3.05) is 0 Å². The van der Waals surface area contributed by atoms with Gasteiger partial charge in [-0.15, -0.1) is 0 Å². The highest BCUT2D eigenvalue weighted by Gasteiger charge is 2.11. The van der Waals surface area contributed by atoms with Gasteiger partial charge in [0.2, 0.25) is 0 Å². The summed E-state index contributed by atoms with van der Waals surface area (Å²) >= 11 is 6.21. The Balaban J connectivity index is 2.68. The van der Waals surface area contributed by atoms with E-state index in [-0.39, 0.29) is 0 Å². The largest absolute Gasteiger partial charge is 0.275 e. The zero-order chi connectivity index (χ0) is 11.0. The van der Waals surface area contributed by atoms with Crippen LogP contribution in [0.5, 0.6) is 0 Å². The maximum Gasteiger partial charge on any atom is 0.0672 e. The number of halogens is 1. The Morgan fingerprint density at radius 1 is 1.27 bits per heavy atom. The molecule has 0 saturated carbocycles. The van der Waals surface area contributed by atoms with Crippen LogP contribution in [0.3, 0.4) is 0 Å². The van der Waals surface area contributed by atoms with Gasteiger partial charge in [0.1, 0.15) is 0 Å². The zero-order valence-electron chi connectivity index (χ0n) is 9.08. The van der Waals surface area contributed by atoms with Crippen molar-refractivity contribution in [3.63, 3.8) is 0 Å². The van der Waals surface area contributed by atoms with Gasteiger partial charge in [-0.05, 0) is 25.5 Å². The molecule has 15 heavy (non-hydrogen) atoms. The van der Waals surface area contributed by atoms with E-state index in [0.717, 1.165) is 21.8 Å². The van der Waals surface area contributed by atoms with Crippen LogP contribution in [-0.2, 0) is 7.05 Å². The highest BCUT2D eigenvalue weighted by molar-refractivity contribution is 6.33. The Morgan fingerprint density at radius 3 is 2.53 bits per heavy atom. The molecular weight excluding hydrogens is 208 g/mol. The molecule has 0 radical (unpaired) electrons. The van der Waals surface area contributed by atoms with E-state index >= 15 is 0 Å². The number of hydrogen-bond acceptors (Lipinski definition) is 1. The number of benzene rings is 1. The average Bonchev–Trinajstić information content (AvgIpc) is 2.45. The average molecular weight is 221 g/mol. The maximum atomic E-state index is 6.21. The van der Waals surface area contributed by atoms with E-state index in [1.165, 1.54) is 5.56 Å². The van der Waals surface area contributed by atoms with Crippen molar-refractivity contribution in [1.29, 1.82) is 0 Å². The molecule has 0 aliphatic rings. The molecule has 2 aromatic rings. The molecule has 0 bridgehead atoms. The quantitative estimate of drug-likeness (QED) is 0.721. The van der Waals surface area contributed by atoms with Crippen molar-refractivity contribution >= 4 is 11.6 Å². The van der Waals surface area contributed by atoms with Crippen LogP contribution in [0.15, 0.2) is 24.4 Å². The molecule has 78 valence electrons. The monoisotopic (exact) mass is 220 g/mol. The topological polar surface area (TPSA) is 17.8 Å². The van der Waals surface area contributed by atoms with E-state index in [4.69, 9.17) is 11.6 Å². The van der Waals surface area contributed by atoms with Gasteiger partial charge >= 0.3 is 0 Å². The molecule has 1 aromatic carbocycles. The molecule has 2 rings (SSSR count). The summed E-state index contributed by atoms with van der Waals surface area (Å²) in [6, 6.07) is 5.94. The lowest BCUT2D eigenvalue weighted by atomic mass is 10.0. The molecule has 1 aromatic heterocycles. The number of aromatic nitrogens is 2. The predicted octanol–water partition coefficient (Wildman–Crippen LogP) is 3.36. The van der Waals surface area contributed by atoms with Crippen molar-refractivity contribution in [3.8, 4) is 11.1 Å². The standard InChI is InChI=1S/C12H13ClN2/c1-8-5-4-6-11(13)12(8)10-7-15(3)14-9(10)2/h4-7H,1-3H3. The van der Waals surface area contributed by atoms with Gasteiger partial charge in [-0.2, -0.15) is 5.10 Å². The molecule has 0 N–H and O–H groups in total. The van der Waals surface area contributed by atoms with Crippen LogP contribution in [0.25, 0.3) is 11.1 Å². The Bertz CT molecular complexity index is 480. The second-order valence-electron chi connectivity index (χ2n) is 3.73. The minimum absolute atomic E-state index is 0.783. The summed E-state index contributed by atoms with van der Waals surface area (Å²) < 4.78 is 1.81. The molecule has 0 saturated heterocycles. The highest BCUT2D eigenvalue weighted by Crippen LogP contribution is 2.32. The first-order valence-corrected chi connectivity index (χ1v) is 5.23. The number of nitrogens with zero attached hydrogens (tertiary/aromatic N) is 2. The van der Waals surface area contributed by atoms with Crippen LogP contribution in [0, 0.1) is 13.8 Å². The summed E-state index contributed by atoms with van der Waals surface area (Å²) in [4.78, 5) is 0. The lowest BCUT2D eigenvalue weighted by molar-refractivity contribution is 0.756. The van der Waals surface area contributed by atoms with Crippen LogP contribution in [0.4, 0.5) is 0 Å². The Hall–Kier alpha value is -1.28. The zero-order valence-corrected chi connectivity index (χ0v) is 9.84. The van der Waals surface area contributed by atoms with E-state index in [1.807, 2.05) is 37.0 Å². The fraction of sp³-hybridized carbons (Fsp3) is 0.250. The van der Waals surface area contributed by atoms with Crippen LogP contribution in [0.2, 0.25) is 5.02 Å². The van der Waals surface area contributed by atoms with Crippen molar-refractivity contribution in [2.24, 2.45) is 7.05 Å². The summed E-state index contributed by atoms with van der Waals surface area (Å²) in [6.45, 7) is 4.06. The first kappa shape index (κ1) is 10.2. The fourth-order valence-corrected chi connectivity index (χ4v) is 2.14. The van der Waals surface area contributed by atoms with Gasteiger partial charge in [-0.25, -0.2) is 0 Å². The third kappa shape index (κ3) is 1.77. The summed E-state index contributed by atoms with van der Waals surface area (Å²) in [7, 11) is 1.92. The normalized spacial score (nSPS) is 10.7. The van der Waals surface area contributed by atoms with Gasteiger partial charge in [0.25, 0.3) is 0 Å². The fourth-order valence-electron chi connectivity index (χ4n) is 1.82. The van der Waals surface area contributed by atoms with E-state index in [1.54, 1.807) is 0 Å². The molecule has 0 atom stereocenters. The number of hydrogen-bond donors (Lipinski definition) is 0. The third-order valence-corrected chi connectivity index (χ3v) is 2.82. The van der Waals surface area contributed by atoms with Crippen molar-refractivity contribution in [1.82, 2.24) is 9.78 Å². The summed E-state index contributed by atoms with van der Waals surface area (Å²) in [5, 5.41) is 5.11. The molecule has 0 fully saturated rings. The van der Waals surface area contributed by atoms with Crippen molar-refractivity contribution < 1.29 is 0 Å². The van der Waals surface area contributed by atoms with E-state index < -0.39 is 0 Å². The van der Waals surface area contributed by atoms with Crippen LogP contribution in [-0.4, -0.2) is 9.78 Å². The Labute approximate surface area is 94.5 Å². The molecule has 3 heteroatoms. The van der Waals surface area contributed by atoms with Crippen LogP contribution >= 0.6 is 11.6 Å². The first-order valence-electron chi connectivity index (χ1n) is 4.85. The van der Waals surface area contributed by atoms with Gasteiger partial charge < -0.3 is 0 Å². The third-order valence-electron chi connectivity index (χ3n) is 2.50. The van der Waals surface area contributed by atoms with Gasteiger partial charge in [-0.1, -0.05) is 23.7 Å². The molecule has 0 spiro atoms. The molecule has 0 aliphatic heterocycles. The summed E-state index contributed by atoms with van der Waals surface area (Å²) in [6.07, 6.45) is 2.00. The smallest absolute Gasteiger partial charge is 0.0672 e. The van der Waals surface area contributed by atoms with Crippen LogP contribution in [0.1, 0.15) is 11.3 Å². The second kappa shape index (κ2) is 3.70. The minimum Gasteiger partial charge on any atom is -0.275 e. The van der Waals surface area contributed by atoms with Gasteiger partial charge in [0, 0.05) is 29.4 Å². The van der Waals surface area contributed by atoms with Crippen molar-refractivity contribution in [2.45, 2.75) is 13.8 Å².